The normalized spacial score (nSPS) is 22.3. The first-order chi connectivity index (χ1) is 9.33. The van der Waals surface area contributed by atoms with E-state index in [2.05, 4.69) is 24.4 Å². The summed E-state index contributed by atoms with van der Waals surface area (Å²) in [7, 11) is 0. The SMILES string of the molecule is Cc1cc2c(cc1CCC1CCCCN1)OCCO2. The Bertz CT molecular complexity index is 439. The van der Waals surface area contributed by atoms with Crippen LogP contribution in [-0.4, -0.2) is 25.8 Å². The van der Waals surface area contributed by atoms with Crippen LogP contribution in [0.3, 0.4) is 0 Å². The Labute approximate surface area is 115 Å². The predicted octanol–water partition coefficient (Wildman–Crippen LogP) is 2.84. The van der Waals surface area contributed by atoms with Gasteiger partial charge in [-0.2, -0.15) is 0 Å². The van der Waals surface area contributed by atoms with Gasteiger partial charge in [-0.1, -0.05) is 6.42 Å². The van der Waals surface area contributed by atoms with Gasteiger partial charge >= 0.3 is 0 Å². The fraction of sp³-hybridized carbons (Fsp3) is 0.625. The number of rotatable bonds is 3. The zero-order valence-corrected chi connectivity index (χ0v) is 11.7. The highest BCUT2D eigenvalue weighted by Gasteiger charge is 2.16. The molecule has 0 radical (unpaired) electrons. The van der Waals surface area contributed by atoms with Crippen LogP contribution in [-0.2, 0) is 6.42 Å². The third-order valence-corrected chi connectivity index (χ3v) is 4.18. The highest BCUT2D eigenvalue weighted by molar-refractivity contribution is 5.47. The fourth-order valence-corrected chi connectivity index (χ4v) is 3.00. The van der Waals surface area contributed by atoms with E-state index in [1.807, 2.05) is 0 Å². The van der Waals surface area contributed by atoms with Gasteiger partial charge in [-0.25, -0.2) is 0 Å². The molecule has 0 aliphatic carbocycles. The minimum absolute atomic E-state index is 0.664. The molecule has 0 aromatic heterocycles. The molecule has 0 amide bonds. The van der Waals surface area contributed by atoms with Crippen molar-refractivity contribution in [2.24, 2.45) is 0 Å². The number of nitrogens with one attached hydrogen (secondary N) is 1. The van der Waals surface area contributed by atoms with Crippen LogP contribution >= 0.6 is 0 Å². The lowest BCUT2D eigenvalue weighted by Crippen LogP contribution is -2.34. The van der Waals surface area contributed by atoms with Gasteiger partial charge in [-0.05, 0) is 62.4 Å². The molecule has 1 unspecified atom stereocenters. The molecule has 0 saturated carbocycles. The summed E-state index contributed by atoms with van der Waals surface area (Å²) >= 11 is 0. The molecule has 1 N–H and O–H groups in total. The molecule has 19 heavy (non-hydrogen) atoms. The van der Waals surface area contributed by atoms with Crippen LogP contribution in [0, 0.1) is 6.92 Å². The summed E-state index contributed by atoms with van der Waals surface area (Å²) in [6.45, 7) is 4.68. The maximum Gasteiger partial charge on any atom is 0.161 e. The summed E-state index contributed by atoms with van der Waals surface area (Å²) in [5, 5.41) is 3.62. The Kier molecular flexibility index (Phi) is 3.92. The molecule has 1 aromatic carbocycles. The van der Waals surface area contributed by atoms with Crippen molar-refractivity contribution >= 4 is 0 Å². The van der Waals surface area contributed by atoms with Crippen molar-refractivity contribution < 1.29 is 9.47 Å². The second kappa shape index (κ2) is 5.83. The lowest BCUT2D eigenvalue weighted by atomic mass is 9.96. The number of hydrogen-bond acceptors (Lipinski definition) is 3. The number of aryl methyl sites for hydroxylation is 2. The number of piperidine rings is 1. The first kappa shape index (κ1) is 12.8. The van der Waals surface area contributed by atoms with E-state index in [-0.39, 0.29) is 0 Å². The van der Waals surface area contributed by atoms with Crippen LogP contribution < -0.4 is 14.8 Å². The largest absolute Gasteiger partial charge is 0.486 e. The minimum Gasteiger partial charge on any atom is -0.486 e. The first-order valence-electron chi connectivity index (χ1n) is 7.45. The second-order valence-electron chi connectivity index (χ2n) is 5.61. The zero-order valence-electron chi connectivity index (χ0n) is 11.7. The van der Waals surface area contributed by atoms with Gasteiger partial charge in [0.25, 0.3) is 0 Å². The average Bonchev–Trinajstić information content (AvgIpc) is 2.46. The third-order valence-electron chi connectivity index (χ3n) is 4.18. The molecule has 3 rings (SSSR count). The Morgan fingerprint density at radius 2 is 1.95 bits per heavy atom. The molecule has 104 valence electrons. The number of ether oxygens (including phenoxy) is 2. The second-order valence-corrected chi connectivity index (χ2v) is 5.61. The van der Waals surface area contributed by atoms with Gasteiger partial charge in [-0.15, -0.1) is 0 Å². The number of hydrogen-bond donors (Lipinski definition) is 1. The van der Waals surface area contributed by atoms with Gasteiger partial charge in [0.1, 0.15) is 13.2 Å². The predicted molar refractivity (Wildman–Crippen MR) is 76.1 cm³/mol. The molecule has 1 aromatic rings. The van der Waals surface area contributed by atoms with Gasteiger partial charge in [0, 0.05) is 6.04 Å². The highest BCUT2D eigenvalue weighted by Crippen LogP contribution is 2.33. The van der Waals surface area contributed by atoms with Gasteiger partial charge in [-0.3, -0.25) is 0 Å². The summed E-state index contributed by atoms with van der Waals surface area (Å²) in [6.07, 6.45) is 6.38. The maximum atomic E-state index is 5.67. The Morgan fingerprint density at radius 1 is 1.16 bits per heavy atom. The smallest absolute Gasteiger partial charge is 0.161 e. The Balaban J connectivity index is 1.66. The van der Waals surface area contributed by atoms with Crippen LogP contribution in [0.4, 0.5) is 0 Å². The average molecular weight is 261 g/mol. The van der Waals surface area contributed by atoms with Crippen molar-refractivity contribution in [2.45, 2.75) is 45.1 Å². The van der Waals surface area contributed by atoms with Gasteiger partial charge < -0.3 is 14.8 Å². The van der Waals surface area contributed by atoms with Crippen molar-refractivity contribution in [3.8, 4) is 11.5 Å². The summed E-state index contributed by atoms with van der Waals surface area (Å²) in [5.74, 6) is 1.83. The number of benzene rings is 1. The van der Waals surface area contributed by atoms with Crippen molar-refractivity contribution in [2.75, 3.05) is 19.8 Å². The quantitative estimate of drug-likeness (QED) is 0.907. The highest BCUT2D eigenvalue weighted by atomic mass is 16.6. The fourth-order valence-electron chi connectivity index (χ4n) is 3.00. The molecule has 3 heteroatoms. The van der Waals surface area contributed by atoms with E-state index in [1.54, 1.807) is 0 Å². The molecule has 1 fully saturated rings. The standard InChI is InChI=1S/C16H23NO2/c1-12-10-15-16(19-9-8-18-15)11-13(12)5-6-14-4-2-3-7-17-14/h10-11,14,17H,2-9H2,1H3. The molecular formula is C16H23NO2. The first-order valence-corrected chi connectivity index (χ1v) is 7.45. The zero-order chi connectivity index (χ0) is 13.1. The topological polar surface area (TPSA) is 30.5 Å². The van der Waals surface area contributed by atoms with Crippen LogP contribution in [0.25, 0.3) is 0 Å². The van der Waals surface area contributed by atoms with Crippen molar-refractivity contribution in [1.29, 1.82) is 0 Å². The van der Waals surface area contributed by atoms with E-state index in [0.29, 0.717) is 19.3 Å². The monoisotopic (exact) mass is 261 g/mol. The van der Waals surface area contributed by atoms with E-state index in [4.69, 9.17) is 9.47 Å². The lowest BCUT2D eigenvalue weighted by Gasteiger charge is -2.24. The van der Waals surface area contributed by atoms with E-state index in [9.17, 15) is 0 Å². The molecule has 1 saturated heterocycles. The van der Waals surface area contributed by atoms with Crippen LogP contribution in [0.2, 0.25) is 0 Å². The van der Waals surface area contributed by atoms with Gasteiger partial charge in [0.15, 0.2) is 11.5 Å². The van der Waals surface area contributed by atoms with E-state index < -0.39 is 0 Å². The minimum atomic E-state index is 0.664. The van der Waals surface area contributed by atoms with Crippen LogP contribution in [0.15, 0.2) is 12.1 Å². The lowest BCUT2D eigenvalue weighted by molar-refractivity contribution is 0.171. The molecule has 3 nitrogen and oxygen atoms in total. The van der Waals surface area contributed by atoms with E-state index in [0.717, 1.165) is 17.9 Å². The Morgan fingerprint density at radius 3 is 2.68 bits per heavy atom. The van der Waals surface area contributed by atoms with Crippen molar-refractivity contribution in [3.63, 3.8) is 0 Å². The van der Waals surface area contributed by atoms with Crippen LogP contribution in [0.1, 0.15) is 36.8 Å². The van der Waals surface area contributed by atoms with E-state index >= 15 is 0 Å². The maximum absolute atomic E-state index is 5.67. The number of fused-ring (bicyclic) bond motifs is 1. The van der Waals surface area contributed by atoms with Gasteiger partial charge in [0.2, 0.25) is 0 Å². The van der Waals surface area contributed by atoms with Crippen molar-refractivity contribution in [3.05, 3.63) is 23.3 Å². The Hall–Kier alpha value is -1.22. The summed E-state index contributed by atoms with van der Waals surface area (Å²) in [4.78, 5) is 0. The van der Waals surface area contributed by atoms with Crippen LogP contribution in [0.5, 0.6) is 11.5 Å². The molecule has 1 atom stereocenters. The molecule has 2 aliphatic heterocycles. The summed E-state index contributed by atoms with van der Waals surface area (Å²) in [5.41, 5.74) is 2.72. The molecule has 0 bridgehead atoms. The van der Waals surface area contributed by atoms with E-state index in [1.165, 1.54) is 43.4 Å². The summed E-state index contributed by atoms with van der Waals surface area (Å²) < 4.78 is 11.3. The molecule has 2 aliphatic rings. The molecule has 2 heterocycles. The van der Waals surface area contributed by atoms with Gasteiger partial charge in [0.05, 0.1) is 0 Å². The van der Waals surface area contributed by atoms with Crippen molar-refractivity contribution in [1.82, 2.24) is 5.32 Å². The third kappa shape index (κ3) is 3.03. The molecular weight excluding hydrogens is 238 g/mol. The molecule has 0 spiro atoms. The summed E-state index contributed by atoms with van der Waals surface area (Å²) in [6, 6.07) is 4.99.